The zero-order valence-corrected chi connectivity index (χ0v) is 21.0. The predicted octanol–water partition coefficient (Wildman–Crippen LogP) is 8.65. The van der Waals surface area contributed by atoms with Crippen LogP contribution in [0.2, 0.25) is 0 Å². The molecule has 5 heteroatoms. The van der Waals surface area contributed by atoms with E-state index in [1.54, 1.807) is 0 Å². The highest BCUT2D eigenvalue weighted by atomic mass is 32.3. The minimum absolute atomic E-state index is 0.129. The molecule has 1 atom stereocenters. The van der Waals surface area contributed by atoms with E-state index in [2.05, 4.69) is 18.0 Å². The summed E-state index contributed by atoms with van der Waals surface area (Å²) in [6.07, 6.45) is 27.0. The van der Waals surface area contributed by atoms with Crippen molar-refractivity contribution in [2.24, 2.45) is 5.92 Å². The Morgan fingerprint density at radius 1 is 0.567 bits per heavy atom. The van der Waals surface area contributed by atoms with E-state index in [-0.39, 0.29) is 12.5 Å². The minimum Gasteiger partial charge on any atom is -0.264 e. The van der Waals surface area contributed by atoms with Gasteiger partial charge in [-0.15, -0.1) is 0 Å². The minimum atomic E-state index is -4.31. The van der Waals surface area contributed by atoms with Crippen LogP contribution < -0.4 is 0 Å². The highest BCUT2D eigenvalue weighted by Crippen LogP contribution is 2.20. The Bertz CT molecular complexity index is 436. The van der Waals surface area contributed by atoms with Crippen molar-refractivity contribution in [1.82, 2.24) is 0 Å². The average Bonchev–Trinajstić information content (AvgIpc) is 2.70. The largest absolute Gasteiger partial charge is 0.397 e. The van der Waals surface area contributed by atoms with Crippen molar-refractivity contribution in [3.8, 4) is 0 Å². The summed E-state index contributed by atoms with van der Waals surface area (Å²) in [5.41, 5.74) is 0. The zero-order chi connectivity index (χ0) is 22.3. The molecule has 0 saturated carbocycles. The van der Waals surface area contributed by atoms with Crippen molar-refractivity contribution in [1.29, 1.82) is 0 Å². The van der Waals surface area contributed by atoms with E-state index in [1.165, 1.54) is 109 Å². The second-order valence-electron chi connectivity index (χ2n) is 9.17. The van der Waals surface area contributed by atoms with Gasteiger partial charge in [-0.25, -0.2) is 4.18 Å². The molecule has 1 unspecified atom stereocenters. The monoisotopic (exact) mass is 448 g/mol. The Balaban J connectivity index is 3.57. The predicted molar refractivity (Wildman–Crippen MR) is 129 cm³/mol. The Hall–Kier alpha value is -0.130. The molecule has 0 bridgehead atoms. The molecule has 182 valence electrons. The van der Waals surface area contributed by atoms with Crippen molar-refractivity contribution in [3.63, 3.8) is 0 Å². The summed E-state index contributed by atoms with van der Waals surface area (Å²) >= 11 is 0. The molecule has 0 aliphatic heterocycles. The first kappa shape index (κ1) is 29.9. The van der Waals surface area contributed by atoms with Crippen molar-refractivity contribution < 1.29 is 17.2 Å². The van der Waals surface area contributed by atoms with Gasteiger partial charge in [-0.05, 0) is 18.8 Å². The molecule has 30 heavy (non-hydrogen) atoms. The van der Waals surface area contributed by atoms with Crippen LogP contribution in [-0.2, 0) is 14.6 Å². The highest BCUT2D eigenvalue weighted by molar-refractivity contribution is 7.80. The highest BCUT2D eigenvalue weighted by Gasteiger charge is 2.13. The first-order chi connectivity index (χ1) is 14.5. The lowest BCUT2D eigenvalue weighted by Crippen LogP contribution is -2.14. The van der Waals surface area contributed by atoms with Gasteiger partial charge >= 0.3 is 10.4 Å². The van der Waals surface area contributed by atoms with Gasteiger partial charge in [-0.2, -0.15) is 8.42 Å². The van der Waals surface area contributed by atoms with Crippen LogP contribution in [0.5, 0.6) is 0 Å². The van der Waals surface area contributed by atoms with Gasteiger partial charge in [-0.3, -0.25) is 4.55 Å². The molecular formula is C25H52O4S. The van der Waals surface area contributed by atoms with Gasteiger partial charge in [0.05, 0.1) is 6.61 Å². The van der Waals surface area contributed by atoms with Crippen molar-refractivity contribution in [3.05, 3.63) is 0 Å². The molecule has 4 nitrogen and oxygen atoms in total. The Labute approximate surface area is 188 Å². The van der Waals surface area contributed by atoms with E-state index in [1.807, 2.05) is 0 Å². The topological polar surface area (TPSA) is 63.6 Å². The number of hydrogen-bond donors (Lipinski definition) is 1. The van der Waals surface area contributed by atoms with Crippen molar-refractivity contribution in [2.75, 3.05) is 6.61 Å². The molecule has 0 aliphatic carbocycles. The summed E-state index contributed by atoms with van der Waals surface area (Å²) < 4.78 is 35.2. The molecule has 0 aromatic carbocycles. The van der Waals surface area contributed by atoms with Crippen LogP contribution in [0, 0.1) is 5.92 Å². The summed E-state index contributed by atoms with van der Waals surface area (Å²) in [4.78, 5) is 0. The lowest BCUT2D eigenvalue weighted by Gasteiger charge is -2.16. The van der Waals surface area contributed by atoms with Gasteiger partial charge in [0.25, 0.3) is 0 Å². The number of rotatable bonds is 24. The third kappa shape index (κ3) is 24.1. The van der Waals surface area contributed by atoms with Gasteiger partial charge in [0, 0.05) is 0 Å². The van der Waals surface area contributed by atoms with Crippen LogP contribution in [0.25, 0.3) is 0 Å². The van der Waals surface area contributed by atoms with Crippen LogP contribution in [0.3, 0.4) is 0 Å². The molecular weight excluding hydrogens is 396 g/mol. The van der Waals surface area contributed by atoms with Crippen molar-refractivity contribution in [2.45, 2.75) is 149 Å². The van der Waals surface area contributed by atoms with Gasteiger partial charge in [0.1, 0.15) is 0 Å². The number of hydrogen-bond acceptors (Lipinski definition) is 3. The normalized spacial score (nSPS) is 13.0. The molecule has 0 fully saturated rings. The fourth-order valence-corrected chi connectivity index (χ4v) is 4.52. The fourth-order valence-electron chi connectivity index (χ4n) is 4.16. The summed E-state index contributed by atoms with van der Waals surface area (Å²) in [7, 11) is -4.31. The van der Waals surface area contributed by atoms with Gasteiger partial charge < -0.3 is 0 Å². The molecule has 0 aliphatic rings. The molecule has 0 amide bonds. The maximum absolute atomic E-state index is 10.9. The molecule has 0 aromatic heterocycles. The van der Waals surface area contributed by atoms with Gasteiger partial charge in [0.2, 0.25) is 0 Å². The molecule has 1 N–H and O–H groups in total. The van der Waals surface area contributed by atoms with Crippen molar-refractivity contribution >= 4 is 10.4 Å². The third-order valence-electron chi connectivity index (χ3n) is 6.13. The van der Waals surface area contributed by atoms with E-state index in [4.69, 9.17) is 4.55 Å². The SMILES string of the molecule is CCCCCCCCCCCCCCCCCC(CCCCCC)COS(=O)(=O)O. The maximum Gasteiger partial charge on any atom is 0.397 e. The zero-order valence-electron chi connectivity index (χ0n) is 20.2. The summed E-state index contributed by atoms with van der Waals surface area (Å²) in [6.45, 7) is 4.59. The first-order valence-electron chi connectivity index (χ1n) is 13.1. The molecule has 0 saturated heterocycles. The molecule has 0 radical (unpaired) electrons. The molecule has 0 spiro atoms. The van der Waals surface area contributed by atoms with Gasteiger partial charge in [0.15, 0.2) is 0 Å². The Morgan fingerprint density at radius 2 is 0.867 bits per heavy atom. The van der Waals surface area contributed by atoms with Crippen LogP contribution in [0.1, 0.15) is 149 Å². The van der Waals surface area contributed by atoms with Gasteiger partial charge in [-0.1, -0.05) is 136 Å². The molecule has 0 rings (SSSR count). The lowest BCUT2D eigenvalue weighted by molar-refractivity contribution is 0.204. The first-order valence-corrected chi connectivity index (χ1v) is 14.5. The smallest absolute Gasteiger partial charge is 0.264 e. The van der Waals surface area contributed by atoms with E-state index in [0.717, 1.165) is 25.7 Å². The standard InChI is InChI=1S/C25H52O4S/c1-3-5-7-9-10-11-12-13-14-15-16-17-18-19-21-23-25(22-20-8-6-4-2)24-29-30(26,27)28/h25H,3-24H2,1-2H3,(H,26,27,28). The second-order valence-corrected chi connectivity index (χ2v) is 10.3. The summed E-state index contributed by atoms with van der Waals surface area (Å²) in [5.74, 6) is 0.241. The molecule has 0 aromatic rings. The summed E-state index contributed by atoms with van der Waals surface area (Å²) in [6, 6.07) is 0. The Kier molecular flexibility index (Phi) is 22.0. The average molecular weight is 449 g/mol. The van der Waals surface area contributed by atoms with Crippen LogP contribution in [-0.4, -0.2) is 19.6 Å². The maximum atomic E-state index is 10.9. The fraction of sp³-hybridized carbons (Fsp3) is 1.00. The third-order valence-corrected chi connectivity index (χ3v) is 6.57. The summed E-state index contributed by atoms with van der Waals surface area (Å²) in [5, 5.41) is 0. The van der Waals surface area contributed by atoms with Crippen LogP contribution >= 0.6 is 0 Å². The number of unbranched alkanes of at least 4 members (excludes halogenated alkanes) is 17. The van der Waals surface area contributed by atoms with E-state index in [9.17, 15) is 8.42 Å². The van der Waals surface area contributed by atoms with E-state index in [0.29, 0.717) is 0 Å². The quantitative estimate of drug-likeness (QED) is 0.118. The van der Waals surface area contributed by atoms with Crippen LogP contribution in [0.4, 0.5) is 0 Å². The van der Waals surface area contributed by atoms with Crippen LogP contribution in [0.15, 0.2) is 0 Å². The van der Waals surface area contributed by atoms with E-state index < -0.39 is 10.4 Å². The van der Waals surface area contributed by atoms with E-state index >= 15 is 0 Å². The second kappa shape index (κ2) is 22.1. The molecule has 0 heterocycles. The lowest BCUT2D eigenvalue weighted by atomic mass is 9.95. The Morgan fingerprint density at radius 3 is 1.20 bits per heavy atom.